The van der Waals surface area contributed by atoms with Gasteiger partial charge in [-0.1, -0.05) is 13.0 Å². The summed E-state index contributed by atoms with van der Waals surface area (Å²) in [6, 6.07) is 16.2. The molecule has 0 aliphatic carbocycles. The summed E-state index contributed by atoms with van der Waals surface area (Å²) in [6.45, 7) is 8.89. The van der Waals surface area contributed by atoms with Crippen molar-refractivity contribution in [2.45, 2.75) is 64.4 Å². The maximum atomic E-state index is 14.0. The first-order valence-corrected chi connectivity index (χ1v) is 17.6. The molecule has 0 spiro atoms. The van der Waals surface area contributed by atoms with Crippen LogP contribution in [0.25, 0.3) is 10.8 Å². The monoisotopic (exact) mass is 747 g/mol. The van der Waals surface area contributed by atoms with E-state index in [4.69, 9.17) is 25.1 Å². The number of carbonyl (C=O) groups is 3. The van der Waals surface area contributed by atoms with Crippen LogP contribution in [0.2, 0.25) is 0 Å². The van der Waals surface area contributed by atoms with Crippen LogP contribution in [0, 0.1) is 0 Å². The molecule has 2 amide bonds. The van der Waals surface area contributed by atoms with E-state index in [-0.39, 0.29) is 29.2 Å². The number of carboxylic acids is 1. The number of rotatable bonds is 13. The molecule has 0 aliphatic rings. The summed E-state index contributed by atoms with van der Waals surface area (Å²) in [4.78, 5) is 38.8. The highest BCUT2D eigenvalue weighted by atomic mass is 32.2. The first-order chi connectivity index (χ1) is 24.4. The lowest BCUT2D eigenvalue weighted by molar-refractivity contribution is -0.192. The minimum Gasteiger partial charge on any atom is -0.490 e. The van der Waals surface area contributed by atoms with Gasteiger partial charge in [0.1, 0.15) is 11.9 Å². The number of nitrogens with zero attached hydrogens (tertiary/aromatic N) is 1. The minimum absolute atomic E-state index is 0.0819. The van der Waals surface area contributed by atoms with Gasteiger partial charge in [-0.15, -0.1) is 0 Å². The van der Waals surface area contributed by atoms with Crippen molar-refractivity contribution in [3.8, 4) is 11.5 Å². The number of carboxylic acid groups (broad SMARTS) is 1. The summed E-state index contributed by atoms with van der Waals surface area (Å²) in [7, 11) is -3.62. The molecule has 0 fully saturated rings. The number of carbonyl (C=O) groups excluding carboxylic acids is 2. The van der Waals surface area contributed by atoms with Crippen molar-refractivity contribution in [2.24, 2.45) is 0 Å². The Labute approximate surface area is 298 Å². The predicted molar refractivity (Wildman–Crippen MR) is 190 cm³/mol. The molecule has 6 N–H and O–H groups in total. The van der Waals surface area contributed by atoms with E-state index in [1.807, 2.05) is 45.0 Å². The fourth-order valence-corrected chi connectivity index (χ4v) is 5.94. The number of nitrogen functional groups attached to an aromatic ring is 1. The van der Waals surface area contributed by atoms with Crippen LogP contribution in [0.3, 0.4) is 0 Å². The third-order valence-corrected chi connectivity index (χ3v) is 8.95. The number of nitrogens with one attached hydrogen (secondary N) is 3. The van der Waals surface area contributed by atoms with E-state index in [0.29, 0.717) is 46.4 Å². The first kappa shape index (κ1) is 40.8. The molecule has 1 heterocycles. The Bertz CT molecular complexity index is 2020. The number of hydrogen-bond acceptors (Lipinski definition) is 10. The zero-order chi connectivity index (χ0) is 38.8. The third kappa shape index (κ3) is 11.2. The van der Waals surface area contributed by atoms with Crippen LogP contribution >= 0.6 is 0 Å². The van der Waals surface area contributed by atoms with Gasteiger partial charge in [-0.05, 0) is 91.9 Å². The van der Waals surface area contributed by atoms with Gasteiger partial charge in [0, 0.05) is 36.4 Å². The molecule has 0 aliphatic heterocycles. The Morgan fingerprint density at radius 1 is 0.962 bits per heavy atom. The molecule has 52 heavy (non-hydrogen) atoms. The molecule has 0 bridgehead atoms. The van der Waals surface area contributed by atoms with Gasteiger partial charge >= 0.3 is 12.1 Å². The smallest absolute Gasteiger partial charge is 0.490 e. The summed E-state index contributed by atoms with van der Waals surface area (Å²) in [5, 5.41) is 17.6. The molecule has 0 saturated carbocycles. The zero-order valence-electron chi connectivity index (χ0n) is 29.0. The normalized spacial score (nSPS) is 11.9. The first-order valence-electron chi connectivity index (χ1n) is 15.9. The van der Waals surface area contributed by atoms with Crippen LogP contribution in [-0.2, 0) is 30.8 Å². The second-order valence-corrected chi connectivity index (χ2v) is 13.7. The Kier molecular flexibility index (Phi) is 13.8. The van der Waals surface area contributed by atoms with Crippen molar-refractivity contribution in [2.75, 3.05) is 28.7 Å². The molecule has 3 aromatic carbocycles. The summed E-state index contributed by atoms with van der Waals surface area (Å²) >= 11 is 0. The van der Waals surface area contributed by atoms with Crippen molar-refractivity contribution in [1.82, 2.24) is 10.3 Å². The second-order valence-electron chi connectivity index (χ2n) is 11.4. The summed E-state index contributed by atoms with van der Waals surface area (Å²) in [5.41, 5.74) is 8.05. The molecular weight excluding hydrogens is 707 g/mol. The number of nitrogens with two attached hydrogens (primary N) is 1. The number of fused-ring (bicyclic) bond motifs is 1. The minimum atomic E-state index is -5.08. The second kappa shape index (κ2) is 17.6. The van der Waals surface area contributed by atoms with Gasteiger partial charge in [-0.3, -0.25) is 9.59 Å². The van der Waals surface area contributed by atoms with Crippen LogP contribution in [0.15, 0.2) is 71.8 Å². The van der Waals surface area contributed by atoms with Crippen LogP contribution in [0.1, 0.15) is 51.8 Å². The van der Waals surface area contributed by atoms with Gasteiger partial charge < -0.3 is 36.3 Å². The Balaban J connectivity index is 0.000000944. The van der Waals surface area contributed by atoms with Crippen molar-refractivity contribution in [3.63, 3.8) is 0 Å². The van der Waals surface area contributed by atoms with E-state index in [1.54, 1.807) is 37.4 Å². The average molecular weight is 748 g/mol. The molecule has 4 rings (SSSR count). The quantitative estimate of drug-likeness (QED) is 0.110. The van der Waals surface area contributed by atoms with Crippen molar-refractivity contribution < 1.29 is 50.6 Å². The maximum absolute atomic E-state index is 14.0. The molecule has 17 heteroatoms. The number of aliphatic carboxylic acids is 1. The van der Waals surface area contributed by atoms with Crippen LogP contribution < -0.4 is 31.2 Å². The predicted octanol–water partition coefficient (Wildman–Crippen LogP) is 5.86. The number of halogens is 3. The van der Waals surface area contributed by atoms with Gasteiger partial charge in [0.2, 0.25) is 11.8 Å². The fraction of sp³-hybridized carbons (Fsp3) is 0.314. The molecule has 1 unspecified atom stereocenters. The highest BCUT2D eigenvalue weighted by molar-refractivity contribution is 7.91. The molecule has 13 nitrogen and oxygen atoms in total. The van der Waals surface area contributed by atoms with Gasteiger partial charge in [0.05, 0.1) is 23.4 Å². The van der Waals surface area contributed by atoms with E-state index in [0.717, 1.165) is 10.8 Å². The molecule has 280 valence electrons. The number of alkyl halides is 3. The van der Waals surface area contributed by atoms with Crippen LogP contribution in [0.4, 0.5) is 30.4 Å². The largest absolute Gasteiger partial charge is 0.490 e. The van der Waals surface area contributed by atoms with E-state index >= 15 is 0 Å². The molecule has 0 saturated heterocycles. The zero-order valence-corrected chi connectivity index (χ0v) is 29.8. The number of benzene rings is 3. The van der Waals surface area contributed by atoms with Crippen molar-refractivity contribution in [1.29, 1.82) is 0 Å². The number of anilines is 3. The van der Waals surface area contributed by atoms with Gasteiger partial charge in [-0.25, -0.2) is 18.2 Å². The van der Waals surface area contributed by atoms with E-state index in [9.17, 15) is 31.2 Å². The van der Waals surface area contributed by atoms with Crippen molar-refractivity contribution >= 4 is 55.6 Å². The summed E-state index contributed by atoms with van der Waals surface area (Å²) in [5.74, 6) is -2.17. The van der Waals surface area contributed by atoms with Gasteiger partial charge in [-0.2, -0.15) is 13.2 Å². The maximum Gasteiger partial charge on any atom is 0.490 e. The Morgan fingerprint density at radius 3 is 2.23 bits per heavy atom. The fourth-order valence-electron chi connectivity index (χ4n) is 4.82. The Morgan fingerprint density at radius 2 is 1.63 bits per heavy atom. The molecule has 1 atom stereocenters. The topological polar surface area (TPSA) is 199 Å². The summed E-state index contributed by atoms with van der Waals surface area (Å²) in [6.07, 6.45) is -3.56. The number of ether oxygens (including phenoxy) is 2. The van der Waals surface area contributed by atoms with Crippen LogP contribution in [-0.4, -0.2) is 60.9 Å². The number of aromatic nitrogens is 1. The Hall–Kier alpha value is -5.58. The van der Waals surface area contributed by atoms with Gasteiger partial charge in [0.15, 0.2) is 21.3 Å². The number of amides is 2. The van der Waals surface area contributed by atoms with Crippen LogP contribution in [0.5, 0.6) is 11.5 Å². The standard InChI is InChI=1S/C33H39N5O6S.C2HF3O2/c1-6-43-29-18-23(8-12-28(29)44-20(3)4)31(38-26-9-11-27-22(16-26)14-15-35-32(27)34)33(40)36-19-24-17-25(37-21(5)39)10-13-30(24)45(41,42)7-2;3-2(4,5)1(6)7/h8-18,20,31,38H,6-7,19H2,1-5H3,(H2,34,35)(H,36,40)(H,37,39);(H,6,7). The number of pyridine rings is 1. The number of sulfone groups is 1. The molecular formula is C35H40F3N5O8S. The highest BCUT2D eigenvalue weighted by Gasteiger charge is 2.38. The number of hydrogen-bond donors (Lipinski definition) is 5. The van der Waals surface area contributed by atoms with Gasteiger partial charge in [0.25, 0.3) is 0 Å². The SMILES string of the molecule is CCOc1cc(C(Nc2ccc3c(N)nccc3c2)C(=O)NCc2cc(NC(C)=O)ccc2S(=O)(=O)CC)ccc1OC(C)C.O=C(O)C(F)(F)F. The van der Waals surface area contributed by atoms with E-state index in [1.165, 1.54) is 19.1 Å². The lowest BCUT2D eigenvalue weighted by Gasteiger charge is -2.23. The van der Waals surface area contributed by atoms with E-state index in [2.05, 4.69) is 20.9 Å². The lowest BCUT2D eigenvalue weighted by Crippen LogP contribution is -2.33. The lowest BCUT2D eigenvalue weighted by atomic mass is 10.0. The molecule has 4 aromatic rings. The third-order valence-electron chi connectivity index (χ3n) is 7.12. The molecule has 1 aromatic heterocycles. The summed E-state index contributed by atoms with van der Waals surface area (Å²) < 4.78 is 69.3. The molecule has 0 radical (unpaired) electrons. The van der Waals surface area contributed by atoms with E-state index < -0.39 is 33.9 Å². The average Bonchev–Trinajstić information content (AvgIpc) is 3.06. The van der Waals surface area contributed by atoms with Crippen molar-refractivity contribution in [3.05, 3.63) is 78.0 Å². The highest BCUT2D eigenvalue weighted by Crippen LogP contribution is 2.34.